The lowest BCUT2D eigenvalue weighted by molar-refractivity contribution is -0.148. The van der Waals surface area contributed by atoms with E-state index in [0.717, 1.165) is 5.56 Å². The quantitative estimate of drug-likeness (QED) is 0.637. The summed E-state index contributed by atoms with van der Waals surface area (Å²) in [5.41, 5.74) is 4.59. The first-order valence-corrected chi connectivity index (χ1v) is 8.96. The molecular formula is C22H28N2O3. The number of hydrogen-bond donors (Lipinski definition) is 1. The van der Waals surface area contributed by atoms with Crippen LogP contribution in [-0.2, 0) is 14.9 Å². The summed E-state index contributed by atoms with van der Waals surface area (Å²) in [6.45, 7) is 11.8. The highest BCUT2D eigenvalue weighted by Gasteiger charge is 2.16. The molecule has 1 heterocycles. The van der Waals surface area contributed by atoms with Gasteiger partial charge < -0.3 is 4.74 Å². The predicted octanol–water partition coefficient (Wildman–Crippen LogP) is 4.52. The van der Waals surface area contributed by atoms with Crippen LogP contribution in [0.4, 0.5) is 0 Å². The van der Waals surface area contributed by atoms with Crippen molar-refractivity contribution in [2.45, 2.75) is 52.6 Å². The summed E-state index contributed by atoms with van der Waals surface area (Å²) in [5, 5.41) is 0. The molecule has 0 aliphatic heterocycles. The molecule has 0 saturated heterocycles. The van der Waals surface area contributed by atoms with Gasteiger partial charge in [0.05, 0.1) is 5.69 Å². The average molecular weight is 368 g/mol. The smallest absolute Gasteiger partial charge is 0.331 e. The van der Waals surface area contributed by atoms with Crippen LogP contribution in [0.1, 0.15) is 63.2 Å². The first-order chi connectivity index (χ1) is 12.5. The fourth-order valence-electron chi connectivity index (χ4n) is 2.42. The molecule has 0 spiro atoms. The SMILES string of the molecule is CC(C)(C)OC(=O)C=Cc1cccn1NC(=O)c1cccc(C(C)(C)C)c1. The Balaban J connectivity index is 2.12. The van der Waals surface area contributed by atoms with Crippen LogP contribution in [0.5, 0.6) is 0 Å². The summed E-state index contributed by atoms with van der Waals surface area (Å²) in [4.78, 5) is 24.5. The van der Waals surface area contributed by atoms with Crippen LogP contribution in [0, 0.1) is 0 Å². The van der Waals surface area contributed by atoms with Crippen molar-refractivity contribution in [2.75, 3.05) is 5.43 Å². The van der Waals surface area contributed by atoms with E-state index in [-0.39, 0.29) is 11.3 Å². The Morgan fingerprint density at radius 2 is 1.74 bits per heavy atom. The summed E-state index contributed by atoms with van der Waals surface area (Å²) >= 11 is 0. The Morgan fingerprint density at radius 3 is 2.37 bits per heavy atom. The third-order valence-electron chi connectivity index (χ3n) is 3.79. The lowest BCUT2D eigenvalue weighted by Crippen LogP contribution is -2.24. The highest BCUT2D eigenvalue weighted by atomic mass is 16.6. The lowest BCUT2D eigenvalue weighted by atomic mass is 9.86. The summed E-state index contributed by atoms with van der Waals surface area (Å²) in [6, 6.07) is 11.2. The predicted molar refractivity (Wildman–Crippen MR) is 108 cm³/mol. The maximum absolute atomic E-state index is 12.6. The lowest BCUT2D eigenvalue weighted by Gasteiger charge is -2.19. The Kier molecular flexibility index (Phi) is 5.94. The molecule has 0 atom stereocenters. The third kappa shape index (κ3) is 6.13. The monoisotopic (exact) mass is 368 g/mol. The van der Waals surface area contributed by atoms with Crippen LogP contribution in [0.15, 0.2) is 48.7 Å². The van der Waals surface area contributed by atoms with Crippen molar-refractivity contribution in [3.05, 3.63) is 65.5 Å². The second-order valence-corrected chi connectivity index (χ2v) is 8.44. The van der Waals surface area contributed by atoms with Crippen molar-refractivity contribution in [3.8, 4) is 0 Å². The summed E-state index contributed by atoms with van der Waals surface area (Å²) in [5.74, 6) is -0.649. The van der Waals surface area contributed by atoms with Crippen molar-refractivity contribution in [2.24, 2.45) is 0 Å². The number of hydrogen-bond acceptors (Lipinski definition) is 3. The molecule has 0 radical (unpaired) electrons. The van der Waals surface area contributed by atoms with Crippen molar-refractivity contribution < 1.29 is 14.3 Å². The van der Waals surface area contributed by atoms with Gasteiger partial charge in [-0.2, -0.15) is 0 Å². The van der Waals surface area contributed by atoms with Crippen LogP contribution in [0.25, 0.3) is 6.08 Å². The number of esters is 1. The third-order valence-corrected chi connectivity index (χ3v) is 3.79. The van der Waals surface area contributed by atoms with Gasteiger partial charge >= 0.3 is 5.97 Å². The molecule has 2 aromatic rings. The second-order valence-electron chi connectivity index (χ2n) is 8.44. The highest BCUT2D eigenvalue weighted by molar-refractivity contribution is 6.00. The van der Waals surface area contributed by atoms with Crippen LogP contribution in [0.3, 0.4) is 0 Å². The van der Waals surface area contributed by atoms with Gasteiger partial charge in [0.2, 0.25) is 0 Å². The minimum absolute atomic E-state index is 0.0367. The number of nitrogens with one attached hydrogen (secondary N) is 1. The molecule has 0 aliphatic carbocycles. The van der Waals surface area contributed by atoms with E-state index in [0.29, 0.717) is 11.3 Å². The minimum atomic E-state index is -0.546. The molecule has 144 valence electrons. The zero-order valence-corrected chi connectivity index (χ0v) is 16.9. The number of rotatable bonds is 4. The van der Waals surface area contributed by atoms with Gasteiger partial charge in [0.15, 0.2) is 0 Å². The van der Waals surface area contributed by atoms with E-state index < -0.39 is 11.6 Å². The van der Waals surface area contributed by atoms with Crippen LogP contribution >= 0.6 is 0 Å². The molecule has 0 unspecified atom stereocenters. The second kappa shape index (κ2) is 7.82. The van der Waals surface area contributed by atoms with E-state index in [4.69, 9.17) is 4.74 Å². The van der Waals surface area contributed by atoms with Gasteiger partial charge in [0, 0.05) is 17.8 Å². The molecule has 1 N–H and O–H groups in total. The van der Waals surface area contributed by atoms with Gasteiger partial charge in [-0.05, 0) is 62.1 Å². The molecule has 27 heavy (non-hydrogen) atoms. The molecule has 0 fully saturated rings. The number of ether oxygens (including phenoxy) is 1. The molecule has 0 saturated carbocycles. The van der Waals surface area contributed by atoms with Gasteiger partial charge in [-0.3, -0.25) is 14.9 Å². The first-order valence-electron chi connectivity index (χ1n) is 8.96. The maximum atomic E-state index is 12.6. The Hall–Kier alpha value is -2.82. The van der Waals surface area contributed by atoms with Crippen LogP contribution in [0.2, 0.25) is 0 Å². The van der Waals surface area contributed by atoms with E-state index in [1.54, 1.807) is 35.1 Å². The molecule has 1 aromatic carbocycles. The van der Waals surface area contributed by atoms with Gasteiger partial charge in [0.25, 0.3) is 5.91 Å². The van der Waals surface area contributed by atoms with E-state index in [1.807, 2.05) is 39.0 Å². The van der Waals surface area contributed by atoms with Crippen molar-refractivity contribution >= 4 is 18.0 Å². The summed E-state index contributed by atoms with van der Waals surface area (Å²) < 4.78 is 6.83. The van der Waals surface area contributed by atoms with Gasteiger partial charge in [0.1, 0.15) is 5.60 Å². The number of amides is 1. The van der Waals surface area contributed by atoms with Gasteiger partial charge in [-0.25, -0.2) is 4.79 Å². The van der Waals surface area contributed by atoms with E-state index >= 15 is 0 Å². The minimum Gasteiger partial charge on any atom is -0.457 e. The fourth-order valence-corrected chi connectivity index (χ4v) is 2.42. The highest BCUT2D eigenvalue weighted by Crippen LogP contribution is 2.22. The Bertz CT molecular complexity index is 849. The number of nitrogens with zero attached hydrogens (tertiary/aromatic N) is 1. The standard InChI is InChI=1S/C22H28N2O3/c1-21(2,3)17-10-7-9-16(15-17)20(26)23-24-14-8-11-18(24)12-13-19(25)27-22(4,5)6/h7-15H,1-6H3,(H,23,26). The normalized spacial score (nSPS) is 12.2. The Morgan fingerprint density at radius 1 is 1.04 bits per heavy atom. The number of carbonyl (C=O) groups excluding carboxylic acids is 2. The zero-order valence-electron chi connectivity index (χ0n) is 16.9. The average Bonchev–Trinajstić information content (AvgIpc) is 2.98. The van der Waals surface area contributed by atoms with Crippen molar-refractivity contribution in [1.29, 1.82) is 0 Å². The van der Waals surface area contributed by atoms with Gasteiger partial charge in [-0.15, -0.1) is 0 Å². The van der Waals surface area contributed by atoms with E-state index in [9.17, 15) is 9.59 Å². The topological polar surface area (TPSA) is 60.3 Å². The van der Waals surface area contributed by atoms with Gasteiger partial charge in [-0.1, -0.05) is 32.9 Å². The van der Waals surface area contributed by atoms with Crippen molar-refractivity contribution in [1.82, 2.24) is 4.68 Å². The molecule has 5 nitrogen and oxygen atoms in total. The largest absolute Gasteiger partial charge is 0.457 e. The molecule has 5 heteroatoms. The molecule has 2 rings (SSSR count). The summed E-state index contributed by atoms with van der Waals surface area (Å²) in [7, 11) is 0. The van der Waals surface area contributed by atoms with E-state index in [1.165, 1.54) is 6.08 Å². The summed E-state index contributed by atoms with van der Waals surface area (Å²) in [6.07, 6.45) is 4.68. The zero-order chi connectivity index (χ0) is 20.2. The van der Waals surface area contributed by atoms with Crippen LogP contribution in [-0.4, -0.2) is 22.2 Å². The molecule has 0 aliphatic rings. The van der Waals surface area contributed by atoms with E-state index in [2.05, 4.69) is 26.2 Å². The fraction of sp³-hybridized carbons (Fsp3) is 0.364. The molecule has 0 bridgehead atoms. The molecular weight excluding hydrogens is 340 g/mol. The van der Waals surface area contributed by atoms with Crippen LogP contribution < -0.4 is 5.43 Å². The number of aromatic nitrogens is 1. The Labute approximate surface area is 161 Å². The molecule has 1 aromatic heterocycles. The number of carbonyl (C=O) groups is 2. The number of benzene rings is 1. The maximum Gasteiger partial charge on any atom is 0.331 e. The van der Waals surface area contributed by atoms with Crippen molar-refractivity contribution in [3.63, 3.8) is 0 Å². The molecule has 1 amide bonds. The first kappa shape index (κ1) is 20.5.